The smallest absolute Gasteiger partial charge is 0.227 e. The van der Waals surface area contributed by atoms with Crippen molar-refractivity contribution in [1.29, 1.82) is 0 Å². The molecule has 0 bridgehead atoms. The third-order valence-corrected chi connectivity index (χ3v) is 10.8. The Morgan fingerprint density at radius 3 is 2.51 bits per heavy atom. The maximum Gasteiger partial charge on any atom is 0.227 e. The van der Waals surface area contributed by atoms with E-state index in [1.165, 1.54) is 12.8 Å². The lowest BCUT2D eigenvalue weighted by molar-refractivity contribution is 0.417. The topological polar surface area (TPSA) is 80.2 Å². The molecule has 0 radical (unpaired) electrons. The molecule has 1 N–H and O–H groups in total. The van der Waals surface area contributed by atoms with Gasteiger partial charge in [0.2, 0.25) is 5.95 Å². The van der Waals surface area contributed by atoms with E-state index in [4.69, 9.17) is 14.7 Å². The van der Waals surface area contributed by atoms with Crippen molar-refractivity contribution in [2.45, 2.75) is 18.5 Å². The van der Waals surface area contributed by atoms with Gasteiger partial charge in [0.1, 0.15) is 11.6 Å². The number of nitrogens with zero attached hydrogens (tertiary/aromatic N) is 4. The van der Waals surface area contributed by atoms with Gasteiger partial charge in [-0.15, -0.1) is 0 Å². The first kappa shape index (κ1) is 22.1. The van der Waals surface area contributed by atoms with E-state index >= 15 is 0 Å². The van der Waals surface area contributed by atoms with E-state index in [2.05, 4.69) is 39.5 Å². The van der Waals surface area contributed by atoms with Gasteiger partial charge in [-0.25, -0.2) is 15.0 Å². The summed E-state index contributed by atoms with van der Waals surface area (Å²) in [5.41, 5.74) is 4.27. The third kappa shape index (κ3) is 4.48. The van der Waals surface area contributed by atoms with E-state index in [9.17, 15) is 4.57 Å². The lowest BCUT2D eigenvalue weighted by Crippen LogP contribution is -2.36. The molecule has 8 heteroatoms. The van der Waals surface area contributed by atoms with E-state index in [1.54, 1.807) is 7.11 Å². The molecular weight excluding hydrogens is 457 g/mol. The zero-order chi connectivity index (χ0) is 23.8. The summed E-state index contributed by atoms with van der Waals surface area (Å²) in [5, 5.41) is 4.22. The summed E-state index contributed by atoms with van der Waals surface area (Å²) in [5.74, 6) is 2.21. The number of anilines is 3. The molecule has 7 nitrogen and oxygen atoms in total. The standard InChI is InChI=1S/C27H28N5O2P/c1-34-25-5-3-2-4-23(25)30-27-29-18-21-7-6-19(16-24(21)31-27)20-8-11-26(28-17-20)32-12-14-35(33,15-13-32)22-9-10-22/h2-8,11,16-18,22H,9-10,12-15H2,1H3,(H,29,30,31). The van der Waals surface area contributed by atoms with Gasteiger partial charge in [0.05, 0.1) is 25.5 Å². The molecule has 0 spiro atoms. The highest BCUT2D eigenvalue weighted by Crippen LogP contribution is 2.61. The highest BCUT2D eigenvalue weighted by Gasteiger charge is 2.42. The Morgan fingerprint density at radius 1 is 0.971 bits per heavy atom. The van der Waals surface area contributed by atoms with Crippen molar-refractivity contribution < 1.29 is 9.30 Å². The molecule has 2 aromatic heterocycles. The zero-order valence-electron chi connectivity index (χ0n) is 19.7. The van der Waals surface area contributed by atoms with Crippen LogP contribution in [0.5, 0.6) is 5.75 Å². The van der Waals surface area contributed by atoms with E-state index in [-0.39, 0.29) is 0 Å². The Bertz CT molecular complexity index is 1410. The van der Waals surface area contributed by atoms with Gasteiger partial charge < -0.3 is 19.5 Å². The summed E-state index contributed by atoms with van der Waals surface area (Å²) >= 11 is 0. The van der Waals surface area contributed by atoms with Crippen molar-refractivity contribution in [3.63, 3.8) is 0 Å². The fourth-order valence-corrected chi connectivity index (χ4v) is 8.02. The molecule has 35 heavy (non-hydrogen) atoms. The van der Waals surface area contributed by atoms with Crippen LogP contribution in [-0.4, -0.2) is 53.1 Å². The van der Waals surface area contributed by atoms with Gasteiger partial charge in [-0.05, 0) is 48.7 Å². The average Bonchev–Trinajstić information content (AvgIpc) is 3.76. The number of para-hydroxylation sites is 2. The van der Waals surface area contributed by atoms with Crippen molar-refractivity contribution in [3.8, 4) is 16.9 Å². The van der Waals surface area contributed by atoms with Gasteiger partial charge in [-0.3, -0.25) is 0 Å². The first-order chi connectivity index (χ1) is 17.1. The van der Waals surface area contributed by atoms with Crippen molar-refractivity contribution in [3.05, 3.63) is 67.0 Å². The largest absolute Gasteiger partial charge is 0.495 e. The molecule has 2 aliphatic rings. The highest BCUT2D eigenvalue weighted by atomic mass is 31.2. The summed E-state index contributed by atoms with van der Waals surface area (Å²) < 4.78 is 18.4. The van der Waals surface area contributed by atoms with Crippen LogP contribution in [0.2, 0.25) is 0 Å². The fourth-order valence-electron chi connectivity index (χ4n) is 4.82. The summed E-state index contributed by atoms with van der Waals surface area (Å²) in [6.07, 6.45) is 7.73. The fraction of sp³-hybridized carbons (Fsp3) is 0.296. The molecule has 4 aromatic rings. The van der Waals surface area contributed by atoms with Crippen molar-refractivity contribution in [2.24, 2.45) is 0 Å². The Kier molecular flexibility index (Phi) is 5.65. The summed E-state index contributed by atoms with van der Waals surface area (Å²) in [7, 11) is -0.294. The number of rotatable bonds is 6. The van der Waals surface area contributed by atoms with Gasteiger partial charge in [-0.2, -0.15) is 0 Å². The van der Waals surface area contributed by atoms with Crippen molar-refractivity contribution >= 4 is 35.5 Å². The number of aromatic nitrogens is 3. The minimum atomic E-state index is -1.94. The summed E-state index contributed by atoms with van der Waals surface area (Å²) in [6, 6.07) is 18.0. The Labute approximate surface area is 205 Å². The van der Waals surface area contributed by atoms with Crippen LogP contribution in [0.4, 0.5) is 17.5 Å². The van der Waals surface area contributed by atoms with Crippen LogP contribution < -0.4 is 15.0 Å². The highest BCUT2D eigenvalue weighted by molar-refractivity contribution is 7.65. The molecule has 2 aromatic carbocycles. The number of hydrogen-bond acceptors (Lipinski definition) is 7. The maximum absolute atomic E-state index is 13.0. The Hall–Kier alpha value is -3.44. The van der Waals surface area contributed by atoms with Crippen LogP contribution >= 0.6 is 7.14 Å². The monoisotopic (exact) mass is 485 g/mol. The molecule has 6 rings (SSSR count). The number of hydrogen-bond donors (Lipinski definition) is 1. The second kappa shape index (κ2) is 8.97. The van der Waals surface area contributed by atoms with Gasteiger partial charge in [-0.1, -0.05) is 24.3 Å². The normalized spacial score (nSPS) is 17.3. The molecule has 178 valence electrons. The predicted octanol–water partition coefficient (Wildman–Crippen LogP) is 5.79. The van der Waals surface area contributed by atoms with E-state index < -0.39 is 7.14 Å². The quantitative estimate of drug-likeness (QED) is 0.346. The Morgan fingerprint density at radius 2 is 1.77 bits per heavy atom. The third-order valence-electron chi connectivity index (χ3n) is 7.05. The van der Waals surface area contributed by atoms with E-state index in [1.807, 2.05) is 42.7 Å². The Balaban J connectivity index is 1.20. The summed E-state index contributed by atoms with van der Waals surface area (Å²) in [4.78, 5) is 16.2. The van der Waals surface area contributed by atoms with Crippen LogP contribution in [0, 0.1) is 0 Å². The average molecular weight is 486 g/mol. The number of benzene rings is 2. The second-order valence-electron chi connectivity index (χ2n) is 9.32. The minimum absolute atomic E-state index is 0.515. The second-order valence-corrected chi connectivity index (χ2v) is 12.8. The van der Waals surface area contributed by atoms with Crippen LogP contribution in [0.1, 0.15) is 12.8 Å². The van der Waals surface area contributed by atoms with Crippen molar-refractivity contribution in [2.75, 3.05) is 42.7 Å². The van der Waals surface area contributed by atoms with Crippen LogP contribution in [0.15, 0.2) is 67.0 Å². The van der Waals surface area contributed by atoms with Gasteiger partial charge in [0.15, 0.2) is 0 Å². The summed E-state index contributed by atoms with van der Waals surface area (Å²) in [6.45, 7) is 1.68. The number of ether oxygens (including phenoxy) is 1. The molecular formula is C27H28N5O2P. The zero-order valence-corrected chi connectivity index (χ0v) is 20.6. The lowest BCUT2D eigenvalue weighted by atomic mass is 10.1. The molecule has 0 atom stereocenters. The first-order valence-electron chi connectivity index (χ1n) is 12.1. The molecule has 1 aliphatic carbocycles. The number of nitrogens with one attached hydrogen (secondary N) is 1. The van der Waals surface area contributed by atoms with Gasteiger partial charge >= 0.3 is 0 Å². The lowest BCUT2D eigenvalue weighted by Gasteiger charge is -2.33. The molecule has 2 fully saturated rings. The molecule has 1 saturated carbocycles. The predicted molar refractivity (Wildman–Crippen MR) is 142 cm³/mol. The first-order valence-corrected chi connectivity index (χ1v) is 14.2. The van der Waals surface area contributed by atoms with E-state index in [0.29, 0.717) is 11.6 Å². The minimum Gasteiger partial charge on any atom is -0.495 e. The number of fused-ring (bicyclic) bond motifs is 1. The van der Waals surface area contributed by atoms with Crippen LogP contribution in [-0.2, 0) is 4.57 Å². The molecule has 1 saturated heterocycles. The molecule has 0 amide bonds. The number of methoxy groups -OCH3 is 1. The molecule has 0 unspecified atom stereocenters. The molecule has 3 heterocycles. The van der Waals surface area contributed by atoms with Crippen LogP contribution in [0.3, 0.4) is 0 Å². The van der Waals surface area contributed by atoms with Crippen molar-refractivity contribution in [1.82, 2.24) is 15.0 Å². The SMILES string of the molecule is COc1ccccc1Nc1ncc2ccc(-c3ccc(N4CCP(=O)(C5CC5)CC4)nc3)cc2n1. The molecule has 1 aliphatic heterocycles. The van der Waals surface area contributed by atoms with Gasteiger partial charge in [0.25, 0.3) is 0 Å². The van der Waals surface area contributed by atoms with Crippen LogP contribution in [0.25, 0.3) is 22.0 Å². The van der Waals surface area contributed by atoms with E-state index in [0.717, 1.165) is 64.7 Å². The maximum atomic E-state index is 13.0. The number of pyridine rings is 1. The van der Waals surface area contributed by atoms with Gasteiger partial charge in [0, 0.05) is 54.4 Å².